The van der Waals surface area contributed by atoms with Crippen LogP contribution in [0.5, 0.6) is 0 Å². The summed E-state index contributed by atoms with van der Waals surface area (Å²) >= 11 is 6.02. The second kappa shape index (κ2) is 7.97. The fourth-order valence-electron chi connectivity index (χ4n) is 3.69. The monoisotopic (exact) mass is 379 g/mol. The number of carbonyl (C=O) groups is 1. The van der Waals surface area contributed by atoms with E-state index in [2.05, 4.69) is 22.3 Å². The van der Waals surface area contributed by atoms with E-state index in [9.17, 15) is 4.79 Å². The van der Waals surface area contributed by atoms with Gasteiger partial charge >= 0.3 is 0 Å². The van der Waals surface area contributed by atoms with Crippen LogP contribution in [0.3, 0.4) is 0 Å². The van der Waals surface area contributed by atoms with Crippen molar-refractivity contribution in [3.8, 4) is 11.3 Å². The maximum Gasteiger partial charge on any atom is 0.271 e. The van der Waals surface area contributed by atoms with E-state index in [0.29, 0.717) is 11.6 Å². The molecule has 4 rings (SSSR count). The molecule has 27 heavy (non-hydrogen) atoms. The lowest BCUT2D eigenvalue weighted by molar-refractivity contribution is 0.0748. The van der Waals surface area contributed by atoms with Gasteiger partial charge < -0.3 is 4.90 Å². The Balaban J connectivity index is 1.52. The third kappa shape index (κ3) is 4.06. The van der Waals surface area contributed by atoms with E-state index in [0.717, 1.165) is 48.6 Å². The predicted octanol–water partition coefficient (Wildman–Crippen LogP) is 5.14. The van der Waals surface area contributed by atoms with Crippen molar-refractivity contribution in [3.63, 3.8) is 0 Å². The average molecular weight is 380 g/mol. The predicted molar refractivity (Wildman–Crippen MR) is 108 cm³/mol. The minimum absolute atomic E-state index is 0.0190. The molecule has 0 saturated carbocycles. The Morgan fingerprint density at radius 3 is 2.63 bits per heavy atom. The molecule has 5 heteroatoms. The van der Waals surface area contributed by atoms with Crippen LogP contribution in [0, 0.1) is 0 Å². The summed E-state index contributed by atoms with van der Waals surface area (Å²) in [5.41, 5.74) is 3.59. The average Bonchev–Trinajstić information content (AvgIpc) is 3.07. The second-order valence-corrected chi connectivity index (χ2v) is 7.46. The molecule has 3 aromatic rings. The van der Waals surface area contributed by atoms with E-state index in [1.54, 1.807) is 0 Å². The molecule has 1 saturated heterocycles. The Kier molecular flexibility index (Phi) is 5.26. The lowest BCUT2D eigenvalue weighted by atomic mass is 9.94. The Morgan fingerprint density at radius 1 is 1.07 bits per heavy atom. The molecule has 0 aliphatic carbocycles. The van der Waals surface area contributed by atoms with Crippen LogP contribution in [-0.4, -0.2) is 34.1 Å². The van der Waals surface area contributed by atoms with Crippen molar-refractivity contribution in [2.45, 2.75) is 25.2 Å². The Bertz CT molecular complexity index is 905. The Morgan fingerprint density at radius 2 is 1.85 bits per heavy atom. The van der Waals surface area contributed by atoms with E-state index in [1.807, 2.05) is 53.4 Å². The van der Waals surface area contributed by atoms with Gasteiger partial charge in [-0.3, -0.25) is 9.89 Å². The maximum absolute atomic E-state index is 13.1. The molecule has 0 bridgehead atoms. The molecule has 0 spiro atoms. The van der Waals surface area contributed by atoms with Gasteiger partial charge in [0.15, 0.2) is 0 Å². The van der Waals surface area contributed by atoms with Crippen LogP contribution in [0.1, 0.15) is 41.2 Å². The van der Waals surface area contributed by atoms with Crippen molar-refractivity contribution >= 4 is 17.5 Å². The highest BCUT2D eigenvalue weighted by Crippen LogP contribution is 2.28. The number of carbonyl (C=O) groups excluding carboxylic acids is 1. The minimum Gasteiger partial charge on any atom is -0.337 e. The first-order valence-electron chi connectivity index (χ1n) is 9.36. The van der Waals surface area contributed by atoms with Crippen molar-refractivity contribution in [3.05, 3.63) is 76.9 Å². The number of aromatic amines is 1. The van der Waals surface area contributed by atoms with Crippen molar-refractivity contribution in [1.82, 2.24) is 15.1 Å². The molecule has 0 radical (unpaired) electrons. The highest BCUT2D eigenvalue weighted by Gasteiger charge is 2.25. The number of benzene rings is 2. The molecule has 1 N–H and O–H groups in total. The van der Waals surface area contributed by atoms with Crippen LogP contribution in [0.15, 0.2) is 60.7 Å². The summed E-state index contributed by atoms with van der Waals surface area (Å²) in [6.45, 7) is 1.50. The first-order chi connectivity index (χ1) is 13.2. The molecule has 2 heterocycles. The highest BCUT2D eigenvalue weighted by molar-refractivity contribution is 6.30. The fraction of sp³-hybridized carbons (Fsp3) is 0.273. The lowest BCUT2D eigenvalue weighted by Gasteiger charge is -2.24. The van der Waals surface area contributed by atoms with Crippen LogP contribution >= 0.6 is 11.6 Å². The number of H-pyrrole nitrogens is 1. The van der Waals surface area contributed by atoms with Crippen molar-refractivity contribution in [1.29, 1.82) is 0 Å². The normalized spacial score (nSPS) is 17.5. The van der Waals surface area contributed by atoms with Crippen molar-refractivity contribution in [2.24, 2.45) is 0 Å². The number of hydrogen-bond donors (Lipinski definition) is 1. The quantitative estimate of drug-likeness (QED) is 0.684. The van der Waals surface area contributed by atoms with E-state index in [4.69, 9.17) is 11.6 Å². The molecule has 1 fully saturated rings. The molecule has 2 aromatic carbocycles. The van der Waals surface area contributed by atoms with Gasteiger partial charge in [-0.1, -0.05) is 60.5 Å². The van der Waals surface area contributed by atoms with E-state index < -0.39 is 0 Å². The maximum atomic E-state index is 13.1. The molecule has 1 amide bonds. The number of likely N-dealkylation sites (tertiary alicyclic amines) is 1. The van der Waals surface area contributed by atoms with Gasteiger partial charge in [0.2, 0.25) is 0 Å². The van der Waals surface area contributed by atoms with Crippen LogP contribution in [-0.2, 0) is 0 Å². The van der Waals surface area contributed by atoms with Crippen LogP contribution < -0.4 is 0 Å². The highest BCUT2D eigenvalue weighted by atomic mass is 35.5. The number of amides is 1. The minimum atomic E-state index is 0.0190. The molecule has 1 aliphatic rings. The largest absolute Gasteiger partial charge is 0.337 e. The van der Waals surface area contributed by atoms with E-state index in [1.165, 1.54) is 5.56 Å². The summed E-state index contributed by atoms with van der Waals surface area (Å²) in [6, 6.07) is 19.7. The van der Waals surface area contributed by atoms with Crippen LogP contribution in [0.2, 0.25) is 5.02 Å². The first kappa shape index (κ1) is 17.8. The first-order valence-corrected chi connectivity index (χ1v) is 9.74. The molecule has 1 aliphatic heterocycles. The second-order valence-electron chi connectivity index (χ2n) is 7.03. The summed E-state index contributed by atoms with van der Waals surface area (Å²) in [5.74, 6) is 0.357. The summed E-state index contributed by atoms with van der Waals surface area (Å²) in [7, 11) is 0. The van der Waals surface area contributed by atoms with Gasteiger partial charge in [0.1, 0.15) is 5.69 Å². The Labute approximate surface area is 164 Å². The molecule has 4 nitrogen and oxygen atoms in total. The number of hydrogen-bond acceptors (Lipinski definition) is 2. The summed E-state index contributed by atoms with van der Waals surface area (Å²) in [6.07, 6.45) is 3.23. The lowest BCUT2D eigenvalue weighted by Crippen LogP contribution is -2.34. The zero-order valence-corrected chi connectivity index (χ0v) is 15.8. The van der Waals surface area contributed by atoms with Gasteiger partial charge in [-0.2, -0.15) is 5.10 Å². The zero-order chi connectivity index (χ0) is 18.6. The van der Waals surface area contributed by atoms with Gasteiger partial charge in [-0.15, -0.1) is 0 Å². The number of aromatic nitrogens is 2. The fourth-order valence-corrected chi connectivity index (χ4v) is 3.82. The number of nitrogens with one attached hydrogen (secondary N) is 1. The van der Waals surface area contributed by atoms with Gasteiger partial charge in [-0.25, -0.2) is 0 Å². The smallest absolute Gasteiger partial charge is 0.271 e. The molecular weight excluding hydrogens is 358 g/mol. The zero-order valence-electron chi connectivity index (χ0n) is 15.1. The SMILES string of the molecule is O=C(c1cc(-c2ccccc2)n[nH]1)N1CCCCC(c2ccc(Cl)cc2)C1. The number of rotatable bonds is 3. The van der Waals surface area contributed by atoms with Gasteiger partial charge in [0, 0.05) is 29.6 Å². The topological polar surface area (TPSA) is 49.0 Å². The summed E-state index contributed by atoms with van der Waals surface area (Å²) in [4.78, 5) is 15.0. The van der Waals surface area contributed by atoms with E-state index in [-0.39, 0.29) is 5.91 Å². The summed E-state index contributed by atoms with van der Waals surface area (Å²) in [5, 5.41) is 7.99. The van der Waals surface area contributed by atoms with Crippen LogP contribution in [0.4, 0.5) is 0 Å². The van der Waals surface area contributed by atoms with Crippen molar-refractivity contribution in [2.75, 3.05) is 13.1 Å². The number of halogens is 1. The molecule has 138 valence electrons. The molecule has 1 aromatic heterocycles. The summed E-state index contributed by atoms with van der Waals surface area (Å²) < 4.78 is 0. The molecule has 1 atom stereocenters. The van der Waals surface area contributed by atoms with Gasteiger partial charge in [0.25, 0.3) is 5.91 Å². The van der Waals surface area contributed by atoms with Crippen LogP contribution in [0.25, 0.3) is 11.3 Å². The van der Waals surface area contributed by atoms with Gasteiger partial charge in [-0.05, 0) is 36.6 Å². The standard InChI is InChI=1S/C22H22ClN3O/c23-19-11-9-16(10-12-19)18-8-4-5-13-26(15-18)22(27)21-14-20(24-25-21)17-6-2-1-3-7-17/h1-3,6-7,9-12,14,18H,4-5,8,13,15H2,(H,24,25). The third-order valence-electron chi connectivity index (χ3n) is 5.18. The van der Waals surface area contributed by atoms with E-state index >= 15 is 0 Å². The molecule has 1 unspecified atom stereocenters. The number of nitrogens with zero attached hydrogens (tertiary/aromatic N) is 2. The third-order valence-corrected chi connectivity index (χ3v) is 5.43. The Hall–Kier alpha value is -2.59. The van der Waals surface area contributed by atoms with Gasteiger partial charge in [0.05, 0.1) is 5.69 Å². The molecular formula is C22H22ClN3O. The van der Waals surface area contributed by atoms with Crippen molar-refractivity contribution < 1.29 is 4.79 Å².